The van der Waals surface area contributed by atoms with Crippen molar-refractivity contribution in [1.82, 2.24) is 5.32 Å². The lowest BCUT2D eigenvalue weighted by atomic mass is 9.35. The fourth-order valence-electron chi connectivity index (χ4n) is 6.47. The number of ether oxygens (including phenoxy) is 1. The van der Waals surface area contributed by atoms with E-state index in [2.05, 4.69) is 6.58 Å². The molecular weight excluding hydrogens is 379 g/mol. The molecule has 4 aliphatic carbocycles. The predicted molar refractivity (Wildman–Crippen MR) is 87.3 cm³/mol. The van der Waals surface area contributed by atoms with E-state index >= 15 is 0 Å². The molecule has 1 spiro atoms. The topological polar surface area (TPSA) is 89.5 Å². The fraction of sp³-hybridized carbons (Fsp3) is 0.684. The van der Waals surface area contributed by atoms with Gasteiger partial charge < -0.3 is 4.74 Å². The van der Waals surface area contributed by atoms with Crippen LogP contribution in [0.4, 0.5) is 13.2 Å². The highest BCUT2D eigenvalue weighted by molar-refractivity contribution is 6.40. The van der Waals surface area contributed by atoms with Gasteiger partial charge in [0.2, 0.25) is 5.91 Å². The van der Waals surface area contributed by atoms with Crippen LogP contribution in [0.2, 0.25) is 0 Å². The molecule has 0 aliphatic heterocycles. The lowest BCUT2D eigenvalue weighted by Gasteiger charge is -2.70. The maximum atomic E-state index is 12.3. The lowest BCUT2D eigenvalue weighted by molar-refractivity contribution is -0.278. The van der Waals surface area contributed by atoms with Gasteiger partial charge in [-0.05, 0) is 49.4 Å². The highest BCUT2D eigenvalue weighted by Gasteiger charge is 2.81. The zero-order chi connectivity index (χ0) is 20.6. The molecule has 0 heterocycles. The normalized spacial score (nSPS) is 39.3. The average Bonchev–Trinajstić information content (AvgIpc) is 3.06. The van der Waals surface area contributed by atoms with Gasteiger partial charge in [0.1, 0.15) is 6.10 Å². The monoisotopic (exact) mass is 399 g/mol. The molecule has 9 heteroatoms. The summed E-state index contributed by atoms with van der Waals surface area (Å²) in [5.41, 5.74) is 0.340. The molecule has 4 aliphatic rings. The minimum absolute atomic E-state index is 0.0301. The second kappa shape index (κ2) is 5.90. The van der Waals surface area contributed by atoms with E-state index in [1.807, 2.05) is 0 Å². The number of carbonyl (C=O) groups excluding carboxylic acids is 4. The van der Waals surface area contributed by atoms with Gasteiger partial charge in [-0.3, -0.25) is 19.7 Å². The number of Topliss-reactive ketones (excluding diaryl/α,β-unsaturated/α-hetero) is 1. The van der Waals surface area contributed by atoms with E-state index in [1.54, 1.807) is 12.2 Å². The van der Waals surface area contributed by atoms with E-state index in [0.717, 1.165) is 19.3 Å². The van der Waals surface area contributed by atoms with Crippen molar-refractivity contribution in [3.8, 4) is 0 Å². The van der Waals surface area contributed by atoms with Gasteiger partial charge in [0, 0.05) is 23.8 Å². The number of esters is 1. The van der Waals surface area contributed by atoms with Gasteiger partial charge in [-0.25, -0.2) is 4.79 Å². The van der Waals surface area contributed by atoms with E-state index in [9.17, 15) is 32.3 Å². The Morgan fingerprint density at radius 1 is 1.21 bits per heavy atom. The van der Waals surface area contributed by atoms with Gasteiger partial charge in [0.25, 0.3) is 0 Å². The summed E-state index contributed by atoms with van der Waals surface area (Å²) in [6.45, 7) is 5.12. The van der Waals surface area contributed by atoms with E-state index in [1.165, 1.54) is 0 Å². The number of alkyl halides is 3. The van der Waals surface area contributed by atoms with Crippen LogP contribution < -0.4 is 5.32 Å². The van der Waals surface area contributed by atoms with Gasteiger partial charge in [0.15, 0.2) is 0 Å². The SMILES string of the molecule is C=C(C)C(=O)OC1C2CC3CC4CC32C1C4CC(=O)NC(=O)C(=O)C(F)(F)F. The predicted octanol–water partition coefficient (Wildman–Crippen LogP) is 1.93. The molecule has 6 nitrogen and oxygen atoms in total. The number of ketones is 1. The standard InChI is InChI=1S/C19H20F3NO5/c1-7(2)17(27)28-14-11-4-9-3-8-6-18(9,11)13(14)10(8)5-12(24)23-16(26)15(25)19(20,21)22/h8-11,13-14H,1,3-6H2,2H3,(H,23,24,26). The number of imide groups is 1. The molecule has 28 heavy (non-hydrogen) atoms. The Kier molecular flexibility index (Phi) is 4.04. The van der Waals surface area contributed by atoms with Crippen LogP contribution in [0, 0.1) is 35.0 Å². The summed E-state index contributed by atoms with van der Waals surface area (Å²) in [6, 6.07) is 0. The van der Waals surface area contributed by atoms with Crippen LogP contribution in [0.3, 0.4) is 0 Å². The van der Waals surface area contributed by atoms with Crippen LogP contribution in [0.25, 0.3) is 0 Å². The minimum Gasteiger partial charge on any atom is -0.458 e. The molecule has 7 unspecified atom stereocenters. The summed E-state index contributed by atoms with van der Waals surface area (Å²) in [6.07, 6.45) is -2.95. The number of rotatable bonds is 5. The van der Waals surface area contributed by atoms with Gasteiger partial charge in [0.05, 0.1) is 0 Å². The molecule has 4 fully saturated rings. The van der Waals surface area contributed by atoms with Crippen LogP contribution in [0.15, 0.2) is 12.2 Å². The smallest absolute Gasteiger partial charge is 0.458 e. The molecule has 2 bridgehead atoms. The summed E-state index contributed by atoms with van der Waals surface area (Å²) in [7, 11) is 0. The van der Waals surface area contributed by atoms with Crippen LogP contribution in [-0.4, -0.2) is 35.8 Å². The van der Waals surface area contributed by atoms with Crippen LogP contribution >= 0.6 is 0 Å². The third-order valence-corrected chi connectivity index (χ3v) is 7.36. The van der Waals surface area contributed by atoms with E-state index in [4.69, 9.17) is 4.74 Å². The number of carbonyl (C=O) groups is 4. The summed E-state index contributed by atoms with van der Waals surface area (Å²) in [4.78, 5) is 46.4. The molecule has 2 amide bonds. The van der Waals surface area contributed by atoms with Gasteiger partial charge in [-0.1, -0.05) is 6.58 Å². The van der Waals surface area contributed by atoms with Crippen LogP contribution in [-0.2, 0) is 23.9 Å². The second-order valence-electron chi connectivity index (χ2n) is 8.60. The molecule has 7 atom stereocenters. The first-order chi connectivity index (χ1) is 13.0. The van der Waals surface area contributed by atoms with Crippen molar-refractivity contribution < 1.29 is 37.1 Å². The van der Waals surface area contributed by atoms with Crippen molar-refractivity contribution in [1.29, 1.82) is 0 Å². The molecule has 4 rings (SSSR count). The molecule has 4 saturated carbocycles. The largest absolute Gasteiger partial charge is 0.460 e. The molecule has 1 N–H and O–H groups in total. The van der Waals surface area contributed by atoms with Gasteiger partial charge in [-0.15, -0.1) is 0 Å². The van der Waals surface area contributed by atoms with Crippen molar-refractivity contribution in [2.45, 2.75) is 44.9 Å². The number of fused-ring (bicyclic) bond motifs is 1. The zero-order valence-electron chi connectivity index (χ0n) is 15.2. The summed E-state index contributed by atoms with van der Waals surface area (Å²) < 4.78 is 42.5. The molecular formula is C19H20F3NO5. The number of hydrogen-bond donors (Lipinski definition) is 1. The highest BCUT2D eigenvalue weighted by Crippen LogP contribution is 2.83. The molecule has 0 saturated heterocycles. The first kappa shape index (κ1) is 19.1. The number of halogens is 3. The summed E-state index contributed by atoms with van der Waals surface area (Å²) in [5.74, 6) is -5.13. The van der Waals surface area contributed by atoms with Crippen molar-refractivity contribution in [2.75, 3.05) is 0 Å². The van der Waals surface area contributed by atoms with Crippen molar-refractivity contribution >= 4 is 23.6 Å². The Hall–Kier alpha value is -2.19. The second-order valence-corrected chi connectivity index (χ2v) is 8.60. The fourth-order valence-corrected chi connectivity index (χ4v) is 6.47. The maximum Gasteiger partial charge on any atom is 0.460 e. The van der Waals surface area contributed by atoms with Crippen molar-refractivity contribution in [2.24, 2.45) is 35.0 Å². The number of amides is 2. The maximum absolute atomic E-state index is 12.3. The van der Waals surface area contributed by atoms with E-state index in [0.29, 0.717) is 5.92 Å². The third-order valence-electron chi connectivity index (χ3n) is 7.36. The Balaban J connectivity index is 1.43. The molecule has 0 aromatic rings. The van der Waals surface area contributed by atoms with Crippen LogP contribution in [0.1, 0.15) is 32.6 Å². The molecule has 152 valence electrons. The molecule has 0 aromatic carbocycles. The van der Waals surface area contributed by atoms with E-state index < -0.39 is 29.7 Å². The minimum atomic E-state index is -5.32. The number of hydrogen-bond acceptors (Lipinski definition) is 5. The quantitative estimate of drug-likeness (QED) is 0.434. The van der Waals surface area contributed by atoms with Gasteiger partial charge in [-0.2, -0.15) is 13.2 Å². The lowest BCUT2D eigenvalue weighted by Crippen LogP contribution is -2.71. The Bertz CT molecular complexity index is 806. The Morgan fingerprint density at radius 3 is 2.50 bits per heavy atom. The van der Waals surface area contributed by atoms with E-state index in [-0.39, 0.29) is 47.2 Å². The van der Waals surface area contributed by atoms with Crippen molar-refractivity contribution in [3.05, 3.63) is 12.2 Å². The molecule has 0 radical (unpaired) electrons. The highest BCUT2D eigenvalue weighted by atomic mass is 19.4. The summed E-state index contributed by atoms with van der Waals surface area (Å²) in [5, 5.41) is 1.56. The zero-order valence-corrected chi connectivity index (χ0v) is 15.2. The average molecular weight is 399 g/mol. The van der Waals surface area contributed by atoms with Gasteiger partial charge >= 0.3 is 23.8 Å². The first-order valence-corrected chi connectivity index (χ1v) is 9.28. The molecule has 0 aromatic heterocycles. The Morgan fingerprint density at radius 2 is 1.89 bits per heavy atom. The first-order valence-electron chi connectivity index (χ1n) is 9.28. The third kappa shape index (κ3) is 2.47. The van der Waals surface area contributed by atoms with Crippen molar-refractivity contribution in [3.63, 3.8) is 0 Å². The van der Waals surface area contributed by atoms with Crippen LogP contribution in [0.5, 0.6) is 0 Å². The Labute approximate surface area is 158 Å². The summed E-state index contributed by atoms with van der Waals surface area (Å²) >= 11 is 0. The number of nitrogens with one attached hydrogen (secondary N) is 1.